The zero-order valence-electron chi connectivity index (χ0n) is 24.0. The molecule has 6 aromatic rings. The molecule has 3 aromatic heterocycles. The van der Waals surface area contributed by atoms with Crippen molar-refractivity contribution in [1.29, 1.82) is 0 Å². The third kappa shape index (κ3) is 10.2. The van der Waals surface area contributed by atoms with E-state index in [9.17, 15) is 0 Å². The Bertz CT molecular complexity index is 1440. The summed E-state index contributed by atoms with van der Waals surface area (Å²) in [5, 5.41) is 0. The third-order valence-corrected chi connectivity index (χ3v) is 5.85. The van der Waals surface area contributed by atoms with E-state index >= 15 is 0 Å². The molecule has 7 heteroatoms. The Labute approximate surface area is 266 Å². The van der Waals surface area contributed by atoms with Gasteiger partial charge in [0.2, 0.25) is 0 Å². The standard InChI is InChI=1S/3C12H10NO.Ir/c3*1-14-11-6-4-5-10(9-11)12-7-2-3-8-13-12;/h3*2-4,6-9H,1H3;/q3*-1;+3. The first-order valence-corrected chi connectivity index (χ1v) is 13.1. The number of hydrogen-bond donors (Lipinski definition) is 0. The number of nitrogens with zero attached hydrogens (tertiary/aromatic N) is 3. The summed E-state index contributed by atoms with van der Waals surface area (Å²) in [4.78, 5) is 12.7. The zero-order chi connectivity index (χ0) is 29.4. The third-order valence-electron chi connectivity index (χ3n) is 5.85. The predicted octanol–water partition coefficient (Wildman–Crippen LogP) is 7.67. The van der Waals surface area contributed by atoms with Crippen LogP contribution < -0.4 is 14.2 Å². The van der Waals surface area contributed by atoms with Gasteiger partial charge in [0, 0.05) is 35.8 Å². The molecule has 0 aliphatic heterocycles. The molecule has 0 amide bonds. The SMILES string of the molecule is COc1cc[c-]c(-c2ccccn2)c1.COc1cc[c-]c(-c2ccccn2)c1.COc1cc[c-]c(-c2ccccn2)c1.[Ir+3]. The van der Waals surface area contributed by atoms with E-state index in [1.807, 2.05) is 109 Å². The van der Waals surface area contributed by atoms with Crippen molar-refractivity contribution in [3.63, 3.8) is 0 Å². The van der Waals surface area contributed by atoms with Crippen molar-refractivity contribution < 1.29 is 34.3 Å². The molecule has 0 saturated carbocycles. The monoisotopic (exact) mass is 745 g/mol. The van der Waals surface area contributed by atoms with Crippen LogP contribution >= 0.6 is 0 Å². The van der Waals surface area contributed by atoms with E-state index in [0.29, 0.717) is 0 Å². The summed E-state index contributed by atoms with van der Waals surface area (Å²) < 4.78 is 15.4. The molecular weight excluding hydrogens is 715 g/mol. The first kappa shape index (κ1) is 32.7. The van der Waals surface area contributed by atoms with Gasteiger partial charge in [-0.2, -0.15) is 0 Å². The second-order valence-electron chi connectivity index (χ2n) is 8.57. The molecule has 0 fully saturated rings. The van der Waals surface area contributed by atoms with E-state index in [-0.39, 0.29) is 20.1 Å². The quantitative estimate of drug-likeness (QED) is 0.163. The molecule has 0 bridgehead atoms. The van der Waals surface area contributed by atoms with Crippen molar-refractivity contribution in [3.05, 3.63) is 146 Å². The minimum absolute atomic E-state index is 0. The molecule has 216 valence electrons. The van der Waals surface area contributed by atoms with Gasteiger partial charge >= 0.3 is 20.1 Å². The molecule has 0 unspecified atom stereocenters. The molecule has 0 spiro atoms. The molecule has 0 aliphatic carbocycles. The van der Waals surface area contributed by atoms with Crippen molar-refractivity contribution in [2.24, 2.45) is 0 Å². The maximum atomic E-state index is 5.13. The van der Waals surface area contributed by atoms with Crippen LogP contribution in [0.4, 0.5) is 0 Å². The fraction of sp³-hybridized carbons (Fsp3) is 0.0833. The zero-order valence-corrected chi connectivity index (χ0v) is 26.4. The molecule has 0 atom stereocenters. The van der Waals surface area contributed by atoms with E-state index in [0.717, 1.165) is 51.0 Å². The number of benzene rings is 3. The molecule has 6 nitrogen and oxygen atoms in total. The number of methoxy groups -OCH3 is 3. The van der Waals surface area contributed by atoms with Gasteiger partial charge in [-0.25, -0.2) is 0 Å². The molecule has 6 rings (SSSR count). The molecule has 3 aromatic carbocycles. The van der Waals surface area contributed by atoms with Gasteiger partial charge in [0.1, 0.15) is 0 Å². The molecule has 3 heterocycles. The Morgan fingerprint density at radius 2 is 0.744 bits per heavy atom. The molecule has 0 aliphatic rings. The van der Waals surface area contributed by atoms with Gasteiger partial charge in [-0.15, -0.1) is 89.5 Å². The number of hydrogen-bond acceptors (Lipinski definition) is 6. The van der Waals surface area contributed by atoms with Crippen LogP contribution in [0.1, 0.15) is 0 Å². The number of rotatable bonds is 6. The Hall–Kier alpha value is -4.84. The second-order valence-corrected chi connectivity index (χ2v) is 8.57. The molecule has 0 radical (unpaired) electrons. The van der Waals surface area contributed by atoms with Crippen LogP contribution in [-0.4, -0.2) is 36.3 Å². The topological polar surface area (TPSA) is 66.4 Å². The Balaban J connectivity index is 0.000000175. The summed E-state index contributed by atoms with van der Waals surface area (Å²) in [6.45, 7) is 0. The Morgan fingerprint density at radius 1 is 0.442 bits per heavy atom. The summed E-state index contributed by atoms with van der Waals surface area (Å²) in [7, 11) is 4.95. The summed E-state index contributed by atoms with van der Waals surface area (Å²) >= 11 is 0. The fourth-order valence-corrected chi connectivity index (χ4v) is 3.73. The van der Waals surface area contributed by atoms with Crippen LogP contribution in [0.15, 0.2) is 128 Å². The average Bonchev–Trinajstić information content (AvgIpc) is 3.10. The molecule has 0 N–H and O–H groups in total. The molecule has 43 heavy (non-hydrogen) atoms. The van der Waals surface area contributed by atoms with Gasteiger partial charge in [0.15, 0.2) is 0 Å². The van der Waals surface area contributed by atoms with Gasteiger partial charge in [-0.3, -0.25) is 0 Å². The van der Waals surface area contributed by atoms with Crippen molar-refractivity contribution in [1.82, 2.24) is 15.0 Å². The van der Waals surface area contributed by atoms with Crippen molar-refractivity contribution in [2.45, 2.75) is 0 Å². The predicted molar refractivity (Wildman–Crippen MR) is 165 cm³/mol. The van der Waals surface area contributed by atoms with E-state index in [4.69, 9.17) is 14.2 Å². The maximum Gasteiger partial charge on any atom is 3.00 e. The number of aromatic nitrogens is 3. The van der Waals surface area contributed by atoms with Crippen molar-refractivity contribution >= 4 is 0 Å². The van der Waals surface area contributed by atoms with Crippen LogP contribution in [0.25, 0.3) is 33.8 Å². The number of pyridine rings is 3. The first-order chi connectivity index (χ1) is 20.7. The van der Waals surface area contributed by atoms with Gasteiger partial charge in [-0.1, -0.05) is 36.4 Å². The normalized spacial score (nSPS) is 9.56. The minimum atomic E-state index is 0. The summed E-state index contributed by atoms with van der Waals surface area (Å²) in [5.74, 6) is 2.47. The van der Waals surface area contributed by atoms with Gasteiger partial charge < -0.3 is 29.2 Å². The first-order valence-electron chi connectivity index (χ1n) is 13.1. The van der Waals surface area contributed by atoms with Gasteiger partial charge in [-0.05, 0) is 35.3 Å². The summed E-state index contributed by atoms with van der Waals surface area (Å²) in [5.41, 5.74) is 5.57. The smallest absolute Gasteiger partial charge is 0.516 e. The second kappa shape index (κ2) is 17.9. The van der Waals surface area contributed by atoms with E-state index in [2.05, 4.69) is 33.2 Å². The minimum Gasteiger partial charge on any atom is -0.516 e. The van der Waals surface area contributed by atoms with Crippen LogP contribution in [-0.2, 0) is 20.1 Å². The molecule has 0 saturated heterocycles. The van der Waals surface area contributed by atoms with Crippen LogP contribution in [0.3, 0.4) is 0 Å². The van der Waals surface area contributed by atoms with Crippen LogP contribution in [0.5, 0.6) is 17.2 Å². The Morgan fingerprint density at radius 3 is 0.977 bits per heavy atom. The molecular formula is C36H30IrN3O3. The van der Waals surface area contributed by atoms with E-state index in [1.165, 1.54) is 0 Å². The Kier molecular flexibility index (Phi) is 13.6. The maximum absolute atomic E-state index is 5.13. The fourth-order valence-electron chi connectivity index (χ4n) is 3.73. The van der Waals surface area contributed by atoms with Crippen LogP contribution in [0, 0.1) is 18.2 Å². The van der Waals surface area contributed by atoms with E-state index in [1.54, 1.807) is 39.9 Å². The van der Waals surface area contributed by atoms with Crippen molar-refractivity contribution in [2.75, 3.05) is 21.3 Å². The van der Waals surface area contributed by atoms with Crippen LogP contribution in [0.2, 0.25) is 0 Å². The largest absolute Gasteiger partial charge is 3.00 e. The van der Waals surface area contributed by atoms with Gasteiger partial charge in [0.25, 0.3) is 0 Å². The van der Waals surface area contributed by atoms with E-state index < -0.39 is 0 Å². The number of ether oxygens (including phenoxy) is 3. The average molecular weight is 745 g/mol. The van der Waals surface area contributed by atoms with Gasteiger partial charge in [0.05, 0.1) is 21.3 Å². The van der Waals surface area contributed by atoms with Crippen molar-refractivity contribution in [3.8, 4) is 51.0 Å². The summed E-state index contributed by atoms with van der Waals surface area (Å²) in [6.07, 6.45) is 5.30. The summed E-state index contributed by atoms with van der Waals surface area (Å²) in [6, 6.07) is 43.6.